The minimum absolute atomic E-state index is 0.0776. The molecule has 1 amide bonds. The van der Waals surface area contributed by atoms with Gasteiger partial charge in [0.25, 0.3) is 0 Å². The molecule has 4 heteroatoms. The lowest BCUT2D eigenvalue weighted by Crippen LogP contribution is -2.34. The van der Waals surface area contributed by atoms with Gasteiger partial charge in [0, 0.05) is 12.0 Å². The van der Waals surface area contributed by atoms with Gasteiger partial charge < -0.3 is 10.4 Å². The summed E-state index contributed by atoms with van der Waals surface area (Å²) in [7, 11) is 0. The van der Waals surface area contributed by atoms with E-state index < -0.39 is 6.10 Å². The lowest BCUT2D eigenvalue weighted by atomic mass is 10.0. The summed E-state index contributed by atoms with van der Waals surface area (Å²) in [6.45, 7) is 1.87. The number of amides is 1. The quantitative estimate of drug-likeness (QED) is 0.842. The van der Waals surface area contributed by atoms with E-state index in [4.69, 9.17) is 0 Å². The standard InChI is InChI=1S/C14H18FNO2/c1-9(16-14(18)11-2-3-11)8-13(17)10-4-6-12(15)7-5-10/h4-7,9,11,13,17H,2-3,8H2,1H3,(H,16,18). The van der Waals surface area contributed by atoms with Crippen LogP contribution in [-0.2, 0) is 4.79 Å². The van der Waals surface area contributed by atoms with Gasteiger partial charge in [-0.05, 0) is 43.9 Å². The van der Waals surface area contributed by atoms with Crippen LogP contribution in [0.3, 0.4) is 0 Å². The number of carbonyl (C=O) groups is 1. The summed E-state index contributed by atoms with van der Waals surface area (Å²) in [5, 5.41) is 12.9. The molecule has 2 rings (SSSR count). The van der Waals surface area contributed by atoms with E-state index in [0.29, 0.717) is 12.0 Å². The molecule has 0 bridgehead atoms. The molecule has 98 valence electrons. The third kappa shape index (κ3) is 3.53. The van der Waals surface area contributed by atoms with Crippen molar-refractivity contribution in [3.8, 4) is 0 Å². The van der Waals surface area contributed by atoms with E-state index in [1.165, 1.54) is 12.1 Å². The molecule has 2 N–H and O–H groups in total. The van der Waals surface area contributed by atoms with Gasteiger partial charge in [0.15, 0.2) is 0 Å². The SMILES string of the molecule is CC(CC(O)c1ccc(F)cc1)NC(=O)C1CC1. The van der Waals surface area contributed by atoms with Gasteiger partial charge in [0.1, 0.15) is 5.82 Å². The molecule has 0 spiro atoms. The van der Waals surface area contributed by atoms with Gasteiger partial charge in [-0.15, -0.1) is 0 Å². The molecule has 3 nitrogen and oxygen atoms in total. The zero-order valence-electron chi connectivity index (χ0n) is 10.4. The minimum Gasteiger partial charge on any atom is -0.388 e. The van der Waals surface area contributed by atoms with Crippen molar-refractivity contribution in [2.75, 3.05) is 0 Å². The number of aliphatic hydroxyl groups excluding tert-OH is 1. The summed E-state index contributed by atoms with van der Waals surface area (Å²) in [4.78, 5) is 11.5. The van der Waals surface area contributed by atoms with Crippen molar-refractivity contribution in [3.63, 3.8) is 0 Å². The van der Waals surface area contributed by atoms with Crippen LogP contribution in [0.15, 0.2) is 24.3 Å². The Morgan fingerprint density at radius 1 is 1.44 bits per heavy atom. The number of benzene rings is 1. The highest BCUT2D eigenvalue weighted by Crippen LogP contribution is 2.29. The highest BCUT2D eigenvalue weighted by Gasteiger charge is 2.30. The summed E-state index contributed by atoms with van der Waals surface area (Å²) in [6.07, 6.45) is 1.70. The number of nitrogens with one attached hydrogen (secondary N) is 1. The molecule has 0 heterocycles. The first-order chi connectivity index (χ1) is 8.56. The second-order valence-electron chi connectivity index (χ2n) is 4.99. The molecule has 1 aliphatic carbocycles. The zero-order chi connectivity index (χ0) is 13.1. The fourth-order valence-corrected chi connectivity index (χ4v) is 1.92. The molecule has 2 unspecified atom stereocenters. The predicted molar refractivity (Wildman–Crippen MR) is 66.3 cm³/mol. The smallest absolute Gasteiger partial charge is 0.223 e. The molecular formula is C14H18FNO2. The summed E-state index contributed by atoms with van der Waals surface area (Å²) in [5.74, 6) is -0.0646. The van der Waals surface area contributed by atoms with Gasteiger partial charge in [0.2, 0.25) is 5.91 Å². The number of halogens is 1. The van der Waals surface area contributed by atoms with Crippen molar-refractivity contribution >= 4 is 5.91 Å². The highest BCUT2D eigenvalue weighted by molar-refractivity contribution is 5.81. The van der Waals surface area contributed by atoms with E-state index in [9.17, 15) is 14.3 Å². The Hall–Kier alpha value is -1.42. The number of carbonyl (C=O) groups excluding carboxylic acids is 1. The molecule has 0 aliphatic heterocycles. The van der Waals surface area contributed by atoms with Crippen LogP contribution in [0.1, 0.15) is 37.9 Å². The Labute approximate surface area is 106 Å². The number of hydrogen-bond donors (Lipinski definition) is 2. The second-order valence-corrected chi connectivity index (χ2v) is 4.99. The summed E-state index contributed by atoms with van der Waals surface area (Å²) in [5.41, 5.74) is 0.670. The van der Waals surface area contributed by atoms with Crippen LogP contribution in [0.4, 0.5) is 4.39 Å². The predicted octanol–water partition coefficient (Wildman–Crippen LogP) is 2.16. The van der Waals surface area contributed by atoms with Gasteiger partial charge in [-0.1, -0.05) is 12.1 Å². The second kappa shape index (κ2) is 5.48. The zero-order valence-corrected chi connectivity index (χ0v) is 10.4. The van der Waals surface area contributed by atoms with Crippen molar-refractivity contribution < 1.29 is 14.3 Å². The molecular weight excluding hydrogens is 233 g/mol. The Kier molecular flexibility index (Phi) is 3.97. The van der Waals surface area contributed by atoms with E-state index in [2.05, 4.69) is 5.32 Å². The van der Waals surface area contributed by atoms with Crippen LogP contribution in [0.25, 0.3) is 0 Å². The fraction of sp³-hybridized carbons (Fsp3) is 0.500. The Balaban J connectivity index is 1.84. The van der Waals surface area contributed by atoms with Crippen LogP contribution < -0.4 is 5.32 Å². The fourth-order valence-electron chi connectivity index (χ4n) is 1.92. The van der Waals surface area contributed by atoms with Crippen LogP contribution in [0.2, 0.25) is 0 Å². The number of aliphatic hydroxyl groups is 1. The maximum Gasteiger partial charge on any atom is 0.223 e. The van der Waals surface area contributed by atoms with E-state index in [1.807, 2.05) is 6.92 Å². The van der Waals surface area contributed by atoms with Crippen LogP contribution in [0.5, 0.6) is 0 Å². The Morgan fingerprint density at radius 2 is 2.06 bits per heavy atom. The van der Waals surface area contributed by atoms with Gasteiger partial charge in [0.05, 0.1) is 6.10 Å². The number of hydrogen-bond acceptors (Lipinski definition) is 2. The molecule has 18 heavy (non-hydrogen) atoms. The molecule has 1 fully saturated rings. The summed E-state index contributed by atoms with van der Waals surface area (Å²) >= 11 is 0. The van der Waals surface area contributed by atoms with E-state index >= 15 is 0 Å². The molecule has 1 aromatic rings. The van der Waals surface area contributed by atoms with Gasteiger partial charge in [-0.3, -0.25) is 4.79 Å². The van der Waals surface area contributed by atoms with Crippen molar-refractivity contribution in [1.29, 1.82) is 0 Å². The van der Waals surface area contributed by atoms with E-state index in [0.717, 1.165) is 12.8 Å². The maximum absolute atomic E-state index is 12.7. The van der Waals surface area contributed by atoms with Crippen molar-refractivity contribution in [2.45, 2.75) is 38.3 Å². The maximum atomic E-state index is 12.7. The molecule has 0 aromatic heterocycles. The lowest BCUT2D eigenvalue weighted by Gasteiger charge is -2.18. The van der Waals surface area contributed by atoms with Crippen molar-refractivity contribution in [1.82, 2.24) is 5.32 Å². The lowest BCUT2D eigenvalue weighted by molar-refractivity contribution is -0.123. The van der Waals surface area contributed by atoms with Crippen LogP contribution in [0, 0.1) is 11.7 Å². The molecule has 2 atom stereocenters. The molecule has 1 saturated carbocycles. The molecule has 1 aliphatic rings. The topological polar surface area (TPSA) is 49.3 Å². The first-order valence-electron chi connectivity index (χ1n) is 6.30. The summed E-state index contributed by atoms with van der Waals surface area (Å²) in [6, 6.07) is 5.70. The van der Waals surface area contributed by atoms with E-state index in [1.54, 1.807) is 12.1 Å². The van der Waals surface area contributed by atoms with Crippen LogP contribution >= 0.6 is 0 Å². The average molecular weight is 251 g/mol. The Bertz CT molecular complexity index is 414. The molecule has 0 radical (unpaired) electrons. The molecule has 1 aromatic carbocycles. The third-order valence-corrected chi connectivity index (χ3v) is 3.17. The van der Waals surface area contributed by atoms with Crippen LogP contribution in [-0.4, -0.2) is 17.1 Å². The van der Waals surface area contributed by atoms with E-state index in [-0.39, 0.29) is 23.7 Å². The average Bonchev–Trinajstić information content (AvgIpc) is 3.13. The van der Waals surface area contributed by atoms with Crippen molar-refractivity contribution in [2.24, 2.45) is 5.92 Å². The monoisotopic (exact) mass is 251 g/mol. The van der Waals surface area contributed by atoms with Crippen molar-refractivity contribution in [3.05, 3.63) is 35.6 Å². The third-order valence-electron chi connectivity index (χ3n) is 3.17. The first kappa shape index (κ1) is 13.0. The number of rotatable bonds is 5. The van der Waals surface area contributed by atoms with Gasteiger partial charge in [-0.2, -0.15) is 0 Å². The highest BCUT2D eigenvalue weighted by atomic mass is 19.1. The normalized spacial score (nSPS) is 18.2. The first-order valence-corrected chi connectivity index (χ1v) is 6.30. The van der Waals surface area contributed by atoms with Gasteiger partial charge in [-0.25, -0.2) is 4.39 Å². The summed E-state index contributed by atoms with van der Waals surface area (Å²) < 4.78 is 12.7. The van der Waals surface area contributed by atoms with Gasteiger partial charge >= 0.3 is 0 Å². The Morgan fingerprint density at radius 3 is 2.61 bits per heavy atom. The minimum atomic E-state index is -0.680. The molecule has 0 saturated heterocycles. The largest absolute Gasteiger partial charge is 0.388 e.